The number of hydrogen-bond donors (Lipinski definition) is 2. The first-order valence-corrected chi connectivity index (χ1v) is 10.6. The first-order valence-electron chi connectivity index (χ1n) is 10.6. The fourth-order valence-electron chi connectivity index (χ4n) is 4.78. The van der Waals surface area contributed by atoms with E-state index in [1.807, 2.05) is 12.4 Å². The number of allylic oxidation sites excluding steroid dienone is 1. The monoisotopic (exact) mass is 466 g/mol. The second-order valence-corrected chi connectivity index (χ2v) is 8.59. The number of imidazole rings is 1. The molecule has 0 spiro atoms. The lowest BCUT2D eigenvalue weighted by Gasteiger charge is -2.48. The molecule has 1 aliphatic heterocycles. The predicted octanol–water partition coefficient (Wildman–Crippen LogP) is 5.46. The van der Waals surface area contributed by atoms with E-state index in [2.05, 4.69) is 29.1 Å². The van der Waals surface area contributed by atoms with Crippen molar-refractivity contribution in [3.63, 3.8) is 0 Å². The van der Waals surface area contributed by atoms with E-state index in [0.29, 0.717) is 6.42 Å². The first-order chi connectivity index (χ1) is 15.5. The van der Waals surface area contributed by atoms with Crippen molar-refractivity contribution in [1.82, 2.24) is 9.55 Å². The number of benzene rings is 1. The summed E-state index contributed by atoms with van der Waals surface area (Å²) in [5.41, 5.74) is 4.25. The van der Waals surface area contributed by atoms with E-state index < -0.39 is 12.1 Å². The molecule has 9 heteroatoms. The Balaban J connectivity index is 0.000000383. The van der Waals surface area contributed by atoms with E-state index in [0.717, 1.165) is 42.8 Å². The van der Waals surface area contributed by atoms with Crippen molar-refractivity contribution < 1.29 is 32.6 Å². The van der Waals surface area contributed by atoms with E-state index in [9.17, 15) is 22.7 Å². The fraction of sp³-hybridized carbons (Fsp3) is 0.417. The smallest absolute Gasteiger partial charge is 0.475 e. The van der Waals surface area contributed by atoms with Crippen molar-refractivity contribution in [3.8, 4) is 11.3 Å². The van der Waals surface area contributed by atoms with Crippen LogP contribution in [0.15, 0.2) is 48.8 Å². The third-order valence-corrected chi connectivity index (χ3v) is 6.43. The molecule has 4 rings (SSSR count). The number of aromatic nitrogens is 2. The van der Waals surface area contributed by atoms with E-state index in [-0.39, 0.29) is 23.3 Å². The largest absolute Gasteiger partial charge is 0.490 e. The van der Waals surface area contributed by atoms with Crippen LogP contribution in [0.2, 0.25) is 0 Å². The van der Waals surface area contributed by atoms with Gasteiger partial charge >= 0.3 is 12.1 Å². The maximum Gasteiger partial charge on any atom is 0.490 e. The second kappa shape index (κ2) is 9.51. The lowest BCUT2D eigenvalue weighted by atomic mass is 9.61. The topological polar surface area (TPSA) is 75.4 Å². The molecule has 3 atom stereocenters. The SMILES string of the molecule is C=CC[C@H](O)[C@H]1CCCC2=Cc3c(-c4ccc(F)cc4)ncn3C[C@@]21C.O=C(O)C(F)(F)F. The highest BCUT2D eigenvalue weighted by atomic mass is 19.4. The molecule has 1 aromatic carbocycles. The quantitative estimate of drug-likeness (QED) is 0.463. The Hall–Kier alpha value is -2.94. The lowest BCUT2D eigenvalue weighted by molar-refractivity contribution is -0.192. The summed E-state index contributed by atoms with van der Waals surface area (Å²) in [4.78, 5) is 13.5. The van der Waals surface area contributed by atoms with Crippen LogP contribution in [0.4, 0.5) is 17.6 Å². The van der Waals surface area contributed by atoms with Gasteiger partial charge in [0.05, 0.1) is 23.8 Å². The minimum absolute atomic E-state index is 0.0611. The first kappa shape index (κ1) is 24.7. The number of carboxylic acids is 1. The van der Waals surface area contributed by atoms with Crippen LogP contribution in [0.3, 0.4) is 0 Å². The molecule has 1 aromatic heterocycles. The van der Waals surface area contributed by atoms with Crippen LogP contribution >= 0.6 is 0 Å². The number of aliphatic hydroxyl groups excluding tert-OH is 1. The van der Waals surface area contributed by atoms with Crippen molar-refractivity contribution in [2.75, 3.05) is 0 Å². The normalized spacial score (nSPS) is 22.7. The second-order valence-electron chi connectivity index (χ2n) is 8.59. The van der Waals surface area contributed by atoms with Crippen LogP contribution in [0.5, 0.6) is 0 Å². The van der Waals surface area contributed by atoms with Crippen LogP contribution in [-0.4, -0.2) is 38.0 Å². The summed E-state index contributed by atoms with van der Waals surface area (Å²) in [6, 6.07) is 6.51. The molecule has 0 unspecified atom stereocenters. The van der Waals surface area contributed by atoms with Gasteiger partial charge in [0.2, 0.25) is 0 Å². The van der Waals surface area contributed by atoms with E-state index in [4.69, 9.17) is 9.90 Å². The molecule has 1 saturated carbocycles. The Bertz CT molecular complexity index is 1040. The molecule has 178 valence electrons. The van der Waals surface area contributed by atoms with Gasteiger partial charge in [-0.25, -0.2) is 14.2 Å². The van der Waals surface area contributed by atoms with Crippen molar-refractivity contribution in [1.29, 1.82) is 0 Å². The highest BCUT2D eigenvalue weighted by molar-refractivity contribution is 5.73. The van der Waals surface area contributed by atoms with Gasteiger partial charge in [0.15, 0.2) is 0 Å². The molecule has 0 radical (unpaired) electrons. The number of hydrogen-bond acceptors (Lipinski definition) is 3. The molecule has 2 aliphatic rings. The average Bonchev–Trinajstić information content (AvgIpc) is 3.13. The van der Waals surface area contributed by atoms with E-state index in [1.165, 1.54) is 17.7 Å². The molecule has 2 aromatic rings. The number of carboxylic acid groups (broad SMARTS) is 1. The summed E-state index contributed by atoms with van der Waals surface area (Å²) in [5.74, 6) is -2.77. The van der Waals surface area contributed by atoms with Crippen molar-refractivity contribution in [2.24, 2.45) is 11.3 Å². The van der Waals surface area contributed by atoms with Gasteiger partial charge in [0.1, 0.15) is 5.82 Å². The number of aliphatic carboxylic acids is 1. The summed E-state index contributed by atoms with van der Waals surface area (Å²) in [6.07, 6.45) is 4.32. The van der Waals surface area contributed by atoms with Gasteiger partial charge in [-0.2, -0.15) is 13.2 Å². The molecule has 0 bridgehead atoms. The Morgan fingerprint density at radius 1 is 1.36 bits per heavy atom. The van der Waals surface area contributed by atoms with Gasteiger partial charge in [-0.3, -0.25) is 0 Å². The summed E-state index contributed by atoms with van der Waals surface area (Å²) in [5, 5.41) is 17.8. The van der Waals surface area contributed by atoms with Gasteiger partial charge in [-0.05, 0) is 61.9 Å². The van der Waals surface area contributed by atoms with Gasteiger partial charge < -0.3 is 14.8 Å². The molecule has 1 aliphatic carbocycles. The molecule has 1 fully saturated rings. The molecule has 2 N–H and O–H groups in total. The number of carbonyl (C=O) groups is 1. The Morgan fingerprint density at radius 2 is 2.00 bits per heavy atom. The predicted molar refractivity (Wildman–Crippen MR) is 116 cm³/mol. The molecular formula is C24H26F4N2O3. The standard InChI is InChI=1S/C22H25FN2O.C2HF3O2/c1-3-5-20(26)18-7-4-6-16-12-19-21(15-8-10-17(23)11-9-15)24-14-25(19)13-22(16,18)2;3-2(4,5)1(6)7/h3,8-12,14,18,20,26H,1,4-7,13H2,2H3;(H,6,7)/t18-,20+,22+;/m1./s1. The maximum atomic E-state index is 13.3. The zero-order chi connectivity index (χ0) is 24.4. The van der Waals surface area contributed by atoms with Gasteiger partial charge in [-0.1, -0.05) is 18.6 Å². The minimum atomic E-state index is -5.08. The number of nitrogens with zero attached hydrogens (tertiary/aromatic N) is 2. The average molecular weight is 466 g/mol. The van der Waals surface area contributed by atoms with Crippen LogP contribution in [0.25, 0.3) is 17.3 Å². The molecule has 0 amide bonds. The number of aliphatic hydroxyl groups is 1. The van der Waals surface area contributed by atoms with Crippen molar-refractivity contribution in [3.05, 3.63) is 60.3 Å². The summed E-state index contributed by atoms with van der Waals surface area (Å²) >= 11 is 0. The maximum absolute atomic E-state index is 13.3. The van der Waals surface area contributed by atoms with Crippen LogP contribution in [0.1, 0.15) is 38.3 Å². The number of fused-ring (bicyclic) bond motifs is 2. The zero-order valence-corrected chi connectivity index (χ0v) is 18.1. The lowest BCUT2D eigenvalue weighted by Crippen LogP contribution is -2.44. The summed E-state index contributed by atoms with van der Waals surface area (Å²) in [6.45, 7) is 6.88. The van der Waals surface area contributed by atoms with Gasteiger partial charge in [0.25, 0.3) is 0 Å². The third kappa shape index (κ3) is 5.19. The Kier molecular flexibility index (Phi) is 7.11. The molecule has 5 nitrogen and oxygen atoms in total. The number of halogens is 4. The molecule has 2 heterocycles. The van der Waals surface area contributed by atoms with Crippen LogP contribution in [-0.2, 0) is 11.3 Å². The molecule has 0 saturated heterocycles. The van der Waals surface area contributed by atoms with Gasteiger partial charge in [0, 0.05) is 17.5 Å². The zero-order valence-electron chi connectivity index (χ0n) is 18.1. The summed E-state index contributed by atoms with van der Waals surface area (Å²) in [7, 11) is 0. The molecule has 33 heavy (non-hydrogen) atoms. The summed E-state index contributed by atoms with van der Waals surface area (Å²) < 4.78 is 47.2. The van der Waals surface area contributed by atoms with E-state index >= 15 is 0 Å². The Morgan fingerprint density at radius 3 is 2.58 bits per heavy atom. The third-order valence-electron chi connectivity index (χ3n) is 6.43. The Labute approximate surface area is 189 Å². The van der Waals surface area contributed by atoms with Gasteiger partial charge in [-0.15, -0.1) is 6.58 Å². The number of rotatable bonds is 4. The van der Waals surface area contributed by atoms with Crippen molar-refractivity contribution >= 4 is 12.0 Å². The van der Waals surface area contributed by atoms with E-state index in [1.54, 1.807) is 12.1 Å². The fourth-order valence-corrected chi connectivity index (χ4v) is 4.78. The highest BCUT2D eigenvalue weighted by Gasteiger charge is 2.45. The minimum Gasteiger partial charge on any atom is -0.475 e. The van der Waals surface area contributed by atoms with Crippen LogP contribution < -0.4 is 0 Å². The molecular weight excluding hydrogens is 440 g/mol. The highest BCUT2D eigenvalue weighted by Crippen LogP contribution is 2.51. The van der Waals surface area contributed by atoms with Crippen molar-refractivity contribution in [2.45, 2.75) is 51.4 Å². The number of alkyl halides is 3. The van der Waals surface area contributed by atoms with Crippen LogP contribution in [0, 0.1) is 17.2 Å².